The van der Waals surface area contributed by atoms with Gasteiger partial charge in [-0.05, 0) is 44.0 Å². The monoisotopic (exact) mass is 301 g/mol. The number of sulfonamides is 1. The van der Waals surface area contributed by atoms with Crippen molar-refractivity contribution in [3.05, 3.63) is 30.1 Å². The van der Waals surface area contributed by atoms with Crippen LogP contribution in [0.2, 0.25) is 0 Å². The number of carbonyl (C=O) groups is 1. The lowest BCUT2D eigenvalue weighted by molar-refractivity contribution is -0.143. The Kier molecular flexibility index (Phi) is 4.10. The molecule has 1 aliphatic rings. The van der Waals surface area contributed by atoms with Crippen molar-refractivity contribution in [3.63, 3.8) is 0 Å². The second-order valence-electron chi connectivity index (χ2n) is 4.99. The molecule has 0 saturated carbocycles. The predicted molar refractivity (Wildman–Crippen MR) is 70.1 cm³/mol. The van der Waals surface area contributed by atoms with Crippen LogP contribution in [0, 0.1) is 11.7 Å². The van der Waals surface area contributed by atoms with Gasteiger partial charge in [0.15, 0.2) is 0 Å². The van der Waals surface area contributed by atoms with E-state index in [-0.39, 0.29) is 17.5 Å². The number of benzene rings is 1. The zero-order chi connectivity index (χ0) is 14.9. The maximum absolute atomic E-state index is 12.9. The Labute approximate surface area is 117 Å². The molecule has 7 heteroatoms. The van der Waals surface area contributed by atoms with Gasteiger partial charge in [-0.3, -0.25) is 4.79 Å². The van der Waals surface area contributed by atoms with Gasteiger partial charge < -0.3 is 5.11 Å². The van der Waals surface area contributed by atoms with E-state index in [0.29, 0.717) is 12.8 Å². The van der Waals surface area contributed by atoms with E-state index in [9.17, 15) is 17.6 Å². The highest BCUT2D eigenvalue weighted by Gasteiger charge is 2.37. The van der Waals surface area contributed by atoms with E-state index >= 15 is 0 Å². The van der Waals surface area contributed by atoms with E-state index in [1.165, 1.54) is 16.4 Å². The Balaban J connectivity index is 2.31. The lowest BCUT2D eigenvalue weighted by Crippen LogP contribution is -2.47. The van der Waals surface area contributed by atoms with Crippen LogP contribution in [0.4, 0.5) is 4.39 Å². The van der Waals surface area contributed by atoms with Crippen molar-refractivity contribution in [2.24, 2.45) is 5.92 Å². The molecule has 2 atom stereocenters. The summed E-state index contributed by atoms with van der Waals surface area (Å²) in [4.78, 5) is 11.0. The average molecular weight is 301 g/mol. The zero-order valence-electron chi connectivity index (χ0n) is 11.0. The second-order valence-corrected chi connectivity index (χ2v) is 6.88. The average Bonchev–Trinajstić information content (AvgIpc) is 2.39. The molecule has 1 N–H and O–H groups in total. The van der Waals surface area contributed by atoms with E-state index in [1.807, 2.05) is 0 Å². The normalized spacial score (nSPS) is 24.5. The molecule has 0 spiro atoms. The van der Waals surface area contributed by atoms with Gasteiger partial charge in [0.2, 0.25) is 10.0 Å². The summed E-state index contributed by atoms with van der Waals surface area (Å²) in [5.74, 6) is -2.20. The molecule has 1 heterocycles. The van der Waals surface area contributed by atoms with Gasteiger partial charge in [-0.15, -0.1) is 0 Å². The topological polar surface area (TPSA) is 74.7 Å². The third-order valence-corrected chi connectivity index (χ3v) is 5.59. The number of piperidine rings is 1. The molecule has 0 bridgehead atoms. The molecule has 1 aliphatic heterocycles. The van der Waals surface area contributed by atoms with E-state index < -0.39 is 27.7 Å². The van der Waals surface area contributed by atoms with Crippen LogP contribution in [-0.4, -0.2) is 36.4 Å². The van der Waals surface area contributed by atoms with Gasteiger partial charge in [-0.2, -0.15) is 4.31 Å². The van der Waals surface area contributed by atoms with E-state index in [1.54, 1.807) is 6.92 Å². The largest absolute Gasteiger partial charge is 0.481 e. The molecular weight excluding hydrogens is 285 g/mol. The summed E-state index contributed by atoms with van der Waals surface area (Å²) in [6, 6.07) is 4.29. The molecule has 110 valence electrons. The Morgan fingerprint density at radius 2 is 1.90 bits per heavy atom. The van der Waals surface area contributed by atoms with Crippen molar-refractivity contribution < 1.29 is 22.7 Å². The predicted octanol–water partition coefficient (Wildman–Crippen LogP) is 1.70. The summed E-state index contributed by atoms with van der Waals surface area (Å²) in [7, 11) is -3.79. The molecule has 2 unspecified atom stereocenters. The molecule has 2 rings (SSSR count). The first-order chi connectivity index (χ1) is 9.32. The molecule has 1 aromatic carbocycles. The Bertz CT molecular complexity index is 599. The third-order valence-electron chi connectivity index (χ3n) is 3.59. The van der Waals surface area contributed by atoms with Crippen molar-refractivity contribution in [3.8, 4) is 0 Å². The van der Waals surface area contributed by atoms with Gasteiger partial charge in [0, 0.05) is 12.6 Å². The van der Waals surface area contributed by atoms with Gasteiger partial charge in [0.1, 0.15) is 5.82 Å². The first-order valence-corrected chi connectivity index (χ1v) is 7.76. The minimum absolute atomic E-state index is 0.0169. The number of hydrogen-bond acceptors (Lipinski definition) is 3. The molecule has 20 heavy (non-hydrogen) atoms. The minimum Gasteiger partial charge on any atom is -0.481 e. The maximum atomic E-state index is 12.9. The summed E-state index contributed by atoms with van der Waals surface area (Å²) in [6.45, 7) is 1.70. The number of carboxylic acid groups (broad SMARTS) is 1. The molecule has 1 aromatic rings. The van der Waals surface area contributed by atoms with Crippen LogP contribution in [-0.2, 0) is 14.8 Å². The van der Waals surface area contributed by atoms with Crippen LogP contribution in [0.1, 0.15) is 19.8 Å². The summed E-state index contributed by atoms with van der Waals surface area (Å²) >= 11 is 0. The first kappa shape index (κ1) is 14.9. The highest BCUT2D eigenvalue weighted by molar-refractivity contribution is 7.89. The van der Waals surface area contributed by atoms with E-state index in [0.717, 1.165) is 12.1 Å². The van der Waals surface area contributed by atoms with Crippen LogP contribution in [0.15, 0.2) is 29.2 Å². The van der Waals surface area contributed by atoms with Crippen LogP contribution in [0.5, 0.6) is 0 Å². The van der Waals surface area contributed by atoms with Gasteiger partial charge in [0.25, 0.3) is 0 Å². The first-order valence-electron chi connectivity index (χ1n) is 6.32. The molecule has 1 saturated heterocycles. The van der Waals surface area contributed by atoms with Crippen molar-refractivity contribution in [1.29, 1.82) is 0 Å². The quantitative estimate of drug-likeness (QED) is 0.922. The zero-order valence-corrected chi connectivity index (χ0v) is 11.8. The van der Waals surface area contributed by atoms with Crippen LogP contribution < -0.4 is 0 Å². The number of aliphatic carboxylic acids is 1. The van der Waals surface area contributed by atoms with E-state index in [4.69, 9.17) is 5.11 Å². The summed E-state index contributed by atoms with van der Waals surface area (Å²) in [5, 5.41) is 9.04. The molecule has 1 fully saturated rings. The van der Waals surface area contributed by atoms with Gasteiger partial charge in [0.05, 0.1) is 10.8 Å². The van der Waals surface area contributed by atoms with Crippen molar-refractivity contribution in [2.75, 3.05) is 6.54 Å². The van der Waals surface area contributed by atoms with Gasteiger partial charge in [-0.1, -0.05) is 0 Å². The van der Waals surface area contributed by atoms with Crippen molar-refractivity contribution in [1.82, 2.24) is 4.31 Å². The Hall–Kier alpha value is -1.47. The van der Waals surface area contributed by atoms with Crippen LogP contribution >= 0.6 is 0 Å². The highest BCUT2D eigenvalue weighted by atomic mass is 32.2. The molecule has 0 aromatic heterocycles. The van der Waals surface area contributed by atoms with Crippen molar-refractivity contribution >= 4 is 16.0 Å². The van der Waals surface area contributed by atoms with Crippen LogP contribution in [0.25, 0.3) is 0 Å². The lowest BCUT2D eigenvalue weighted by atomic mass is 9.96. The second kappa shape index (κ2) is 5.49. The molecule has 5 nitrogen and oxygen atoms in total. The third kappa shape index (κ3) is 2.83. The molecule has 0 amide bonds. The van der Waals surface area contributed by atoms with Crippen LogP contribution in [0.3, 0.4) is 0 Å². The number of rotatable bonds is 3. The number of nitrogens with zero attached hydrogens (tertiary/aromatic N) is 1. The molecule has 0 aliphatic carbocycles. The van der Waals surface area contributed by atoms with Gasteiger partial charge >= 0.3 is 5.97 Å². The Morgan fingerprint density at radius 3 is 2.45 bits per heavy atom. The fraction of sp³-hybridized carbons (Fsp3) is 0.462. The van der Waals surface area contributed by atoms with E-state index in [2.05, 4.69) is 0 Å². The minimum atomic E-state index is -3.79. The molecule has 0 radical (unpaired) electrons. The smallest absolute Gasteiger partial charge is 0.307 e. The maximum Gasteiger partial charge on any atom is 0.307 e. The highest BCUT2D eigenvalue weighted by Crippen LogP contribution is 2.28. The standard InChI is InChI=1S/C13H16FNO4S/c1-9-2-3-10(13(16)17)8-15(9)20(18,19)12-6-4-11(14)5-7-12/h4-7,9-10H,2-3,8H2,1H3,(H,16,17). The summed E-state index contributed by atoms with van der Waals surface area (Å²) < 4.78 is 39.0. The summed E-state index contributed by atoms with van der Waals surface area (Å²) in [5.41, 5.74) is 0. The summed E-state index contributed by atoms with van der Waals surface area (Å²) in [6.07, 6.45) is 0.962. The number of halogens is 1. The SMILES string of the molecule is CC1CCC(C(=O)O)CN1S(=O)(=O)c1ccc(F)cc1. The van der Waals surface area contributed by atoms with Crippen molar-refractivity contribution in [2.45, 2.75) is 30.7 Å². The number of carboxylic acids is 1. The molecular formula is C13H16FNO4S. The lowest BCUT2D eigenvalue weighted by Gasteiger charge is -2.35. The fourth-order valence-electron chi connectivity index (χ4n) is 2.35. The Morgan fingerprint density at radius 1 is 1.30 bits per heavy atom. The number of hydrogen-bond donors (Lipinski definition) is 1. The fourth-order valence-corrected chi connectivity index (χ4v) is 4.06. The van der Waals surface area contributed by atoms with Gasteiger partial charge in [-0.25, -0.2) is 12.8 Å².